The summed E-state index contributed by atoms with van der Waals surface area (Å²) in [4.78, 5) is 9.14. The van der Waals surface area contributed by atoms with E-state index in [9.17, 15) is 5.11 Å². The fraction of sp³-hybridized carbons (Fsp3) is 0.444. The van der Waals surface area contributed by atoms with Crippen LogP contribution in [0, 0.1) is 13.8 Å². The molecule has 0 bridgehead atoms. The summed E-state index contributed by atoms with van der Waals surface area (Å²) in [5, 5.41) is 16.5. The van der Waals surface area contributed by atoms with E-state index in [-0.39, 0.29) is 12.6 Å². The van der Waals surface area contributed by atoms with E-state index >= 15 is 0 Å². The molecule has 0 unspecified atom stereocenters. The van der Waals surface area contributed by atoms with Gasteiger partial charge in [0, 0.05) is 28.7 Å². The molecule has 0 radical (unpaired) electrons. The molecule has 1 aliphatic carbocycles. The van der Waals surface area contributed by atoms with Crippen LogP contribution in [-0.2, 0) is 0 Å². The fourth-order valence-electron chi connectivity index (χ4n) is 2.68. The van der Waals surface area contributed by atoms with Crippen molar-refractivity contribution in [3.05, 3.63) is 40.0 Å². The third-order valence-corrected chi connectivity index (χ3v) is 4.36. The molecule has 1 aromatic carbocycles. The van der Waals surface area contributed by atoms with Gasteiger partial charge in [-0.2, -0.15) is 4.98 Å². The van der Waals surface area contributed by atoms with Crippen molar-refractivity contribution in [2.75, 3.05) is 17.2 Å². The van der Waals surface area contributed by atoms with Crippen LogP contribution in [0.3, 0.4) is 0 Å². The average molecular weight is 347 g/mol. The standard InChI is InChI=1S/C18H23ClN4O/c1-10-6-14(19)7-11(2)17(10)22-16-8-15(13-4-5-13)21-18(23-16)20-12(3)9-24/h6-8,12-13,24H,4-5,9H2,1-3H3,(H2,20,21,22,23)/t12-/m1/s1. The van der Waals surface area contributed by atoms with Gasteiger partial charge in [-0.15, -0.1) is 0 Å². The molecule has 1 heterocycles. The molecule has 5 nitrogen and oxygen atoms in total. The highest BCUT2D eigenvalue weighted by Gasteiger charge is 2.26. The van der Waals surface area contributed by atoms with Gasteiger partial charge in [0.2, 0.25) is 5.95 Å². The van der Waals surface area contributed by atoms with Gasteiger partial charge < -0.3 is 15.7 Å². The van der Waals surface area contributed by atoms with Gasteiger partial charge in [0.15, 0.2) is 0 Å². The van der Waals surface area contributed by atoms with E-state index in [0.717, 1.165) is 33.3 Å². The predicted molar refractivity (Wildman–Crippen MR) is 98.4 cm³/mol. The van der Waals surface area contributed by atoms with E-state index in [1.54, 1.807) is 0 Å². The van der Waals surface area contributed by atoms with Gasteiger partial charge in [0.1, 0.15) is 5.82 Å². The van der Waals surface area contributed by atoms with E-state index in [4.69, 9.17) is 11.6 Å². The van der Waals surface area contributed by atoms with Crippen molar-refractivity contribution in [1.29, 1.82) is 0 Å². The SMILES string of the molecule is Cc1cc(Cl)cc(C)c1Nc1cc(C2CC2)nc(N[C@H](C)CO)n1. The van der Waals surface area contributed by atoms with Crippen LogP contribution in [0.2, 0.25) is 5.02 Å². The number of aryl methyl sites for hydroxylation is 2. The largest absolute Gasteiger partial charge is 0.394 e. The summed E-state index contributed by atoms with van der Waals surface area (Å²) in [6, 6.07) is 5.80. The molecule has 1 atom stereocenters. The van der Waals surface area contributed by atoms with Gasteiger partial charge in [-0.1, -0.05) is 11.6 Å². The number of aromatic nitrogens is 2. The smallest absolute Gasteiger partial charge is 0.225 e. The van der Waals surface area contributed by atoms with Gasteiger partial charge in [0.25, 0.3) is 0 Å². The van der Waals surface area contributed by atoms with Gasteiger partial charge in [-0.05, 0) is 56.9 Å². The molecule has 3 rings (SSSR count). The number of benzene rings is 1. The molecule has 1 aromatic heterocycles. The first kappa shape index (κ1) is 17.0. The van der Waals surface area contributed by atoms with E-state index in [0.29, 0.717) is 11.9 Å². The maximum Gasteiger partial charge on any atom is 0.225 e. The molecule has 0 amide bonds. The Bertz CT molecular complexity index is 723. The molecule has 0 spiro atoms. The number of aliphatic hydroxyl groups excluding tert-OH is 1. The lowest BCUT2D eigenvalue weighted by atomic mass is 10.1. The van der Waals surface area contributed by atoms with Crippen molar-refractivity contribution in [3.8, 4) is 0 Å². The molecule has 6 heteroatoms. The Kier molecular flexibility index (Phi) is 4.92. The number of hydrogen-bond acceptors (Lipinski definition) is 5. The van der Waals surface area contributed by atoms with E-state index in [1.807, 2.05) is 39.0 Å². The van der Waals surface area contributed by atoms with Crippen molar-refractivity contribution in [2.24, 2.45) is 0 Å². The molecule has 1 fully saturated rings. The van der Waals surface area contributed by atoms with Crippen LogP contribution in [-0.4, -0.2) is 27.7 Å². The van der Waals surface area contributed by atoms with Crippen LogP contribution in [0.4, 0.5) is 17.5 Å². The van der Waals surface area contributed by atoms with Gasteiger partial charge in [-0.3, -0.25) is 0 Å². The monoisotopic (exact) mass is 346 g/mol. The second-order valence-corrected chi connectivity index (χ2v) is 6.98. The van der Waals surface area contributed by atoms with Gasteiger partial charge in [-0.25, -0.2) is 4.98 Å². The van der Waals surface area contributed by atoms with Gasteiger partial charge in [0.05, 0.1) is 12.3 Å². The Morgan fingerprint density at radius 3 is 2.46 bits per heavy atom. The Balaban J connectivity index is 1.92. The first-order valence-corrected chi connectivity index (χ1v) is 8.64. The lowest BCUT2D eigenvalue weighted by Gasteiger charge is -2.16. The third kappa shape index (κ3) is 3.97. The van der Waals surface area contributed by atoms with Crippen LogP contribution >= 0.6 is 11.6 Å². The molecule has 3 N–H and O–H groups in total. The lowest BCUT2D eigenvalue weighted by molar-refractivity contribution is 0.281. The van der Waals surface area contributed by atoms with Crippen molar-refractivity contribution in [1.82, 2.24) is 9.97 Å². The van der Waals surface area contributed by atoms with Crippen LogP contribution in [0.15, 0.2) is 18.2 Å². The number of aliphatic hydroxyl groups is 1. The molecule has 1 saturated carbocycles. The summed E-state index contributed by atoms with van der Waals surface area (Å²) < 4.78 is 0. The quantitative estimate of drug-likeness (QED) is 0.732. The van der Waals surface area contributed by atoms with Crippen molar-refractivity contribution >= 4 is 29.1 Å². The Morgan fingerprint density at radius 1 is 1.21 bits per heavy atom. The van der Waals surface area contributed by atoms with Crippen LogP contribution in [0.25, 0.3) is 0 Å². The van der Waals surface area contributed by atoms with Crippen LogP contribution in [0.5, 0.6) is 0 Å². The summed E-state index contributed by atoms with van der Waals surface area (Å²) in [6.45, 7) is 5.98. The minimum Gasteiger partial charge on any atom is -0.394 e. The van der Waals surface area contributed by atoms with Crippen molar-refractivity contribution in [2.45, 2.75) is 45.6 Å². The number of halogens is 1. The summed E-state index contributed by atoms with van der Waals surface area (Å²) >= 11 is 6.11. The molecular formula is C18H23ClN4O. The number of nitrogens with zero attached hydrogens (tertiary/aromatic N) is 2. The highest BCUT2D eigenvalue weighted by atomic mass is 35.5. The number of nitrogens with one attached hydrogen (secondary N) is 2. The summed E-state index contributed by atoms with van der Waals surface area (Å²) in [6.07, 6.45) is 2.34. The van der Waals surface area contributed by atoms with Crippen LogP contribution in [0.1, 0.15) is 42.5 Å². The van der Waals surface area contributed by atoms with Crippen molar-refractivity contribution < 1.29 is 5.11 Å². The summed E-state index contributed by atoms with van der Waals surface area (Å²) in [5.74, 6) is 1.83. The fourth-order valence-corrected chi connectivity index (χ4v) is 3.01. The number of rotatable bonds is 6. The average Bonchev–Trinajstić information content (AvgIpc) is 3.35. The minimum absolute atomic E-state index is 0.0369. The zero-order valence-corrected chi connectivity index (χ0v) is 15.0. The van der Waals surface area contributed by atoms with Crippen molar-refractivity contribution in [3.63, 3.8) is 0 Å². The molecular weight excluding hydrogens is 324 g/mol. The Morgan fingerprint density at radius 2 is 1.88 bits per heavy atom. The van der Waals surface area contributed by atoms with Gasteiger partial charge >= 0.3 is 0 Å². The highest BCUT2D eigenvalue weighted by molar-refractivity contribution is 6.30. The molecule has 0 aliphatic heterocycles. The predicted octanol–water partition coefficient (Wildman–Crippen LogP) is 4.16. The molecule has 2 aromatic rings. The molecule has 0 saturated heterocycles. The van der Waals surface area contributed by atoms with E-state index < -0.39 is 0 Å². The topological polar surface area (TPSA) is 70.1 Å². The van der Waals surface area contributed by atoms with E-state index in [1.165, 1.54) is 12.8 Å². The van der Waals surface area contributed by atoms with E-state index in [2.05, 4.69) is 20.6 Å². The third-order valence-electron chi connectivity index (χ3n) is 4.14. The number of hydrogen-bond donors (Lipinski definition) is 3. The first-order valence-electron chi connectivity index (χ1n) is 8.26. The second kappa shape index (κ2) is 6.95. The molecule has 1 aliphatic rings. The molecule has 24 heavy (non-hydrogen) atoms. The lowest BCUT2D eigenvalue weighted by Crippen LogP contribution is -2.21. The van der Waals surface area contributed by atoms with Crippen LogP contribution < -0.4 is 10.6 Å². The number of anilines is 3. The summed E-state index contributed by atoms with van der Waals surface area (Å²) in [7, 11) is 0. The normalized spacial score (nSPS) is 15.2. The zero-order valence-electron chi connectivity index (χ0n) is 14.2. The first-order chi connectivity index (χ1) is 11.5. The molecule has 128 valence electrons. The zero-order chi connectivity index (χ0) is 17.3. The Hall–Kier alpha value is -1.85. The minimum atomic E-state index is -0.0914. The second-order valence-electron chi connectivity index (χ2n) is 6.54. The summed E-state index contributed by atoms with van der Waals surface area (Å²) in [5.41, 5.74) is 4.21. The maximum absolute atomic E-state index is 9.24. The highest BCUT2D eigenvalue weighted by Crippen LogP contribution is 2.40. The Labute approximate surface area is 147 Å². The maximum atomic E-state index is 9.24.